The highest BCUT2D eigenvalue weighted by molar-refractivity contribution is 7.80. The molecule has 0 bridgehead atoms. The molecule has 9 heteroatoms. The van der Waals surface area contributed by atoms with Gasteiger partial charge in [-0.3, -0.25) is 19.8 Å². The summed E-state index contributed by atoms with van der Waals surface area (Å²) in [6.45, 7) is 0. The van der Waals surface area contributed by atoms with Crippen LogP contribution >= 0.6 is 23.8 Å². The fraction of sp³-hybridized carbons (Fsp3) is 0.0556. The van der Waals surface area contributed by atoms with Gasteiger partial charge in [0.15, 0.2) is 5.11 Å². The molecule has 3 rings (SSSR count). The molecule has 0 unspecified atom stereocenters. The van der Waals surface area contributed by atoms with E-state index in [2.05, 4.69) is 5.32 Å². The number of hydrogen-bond donors (Lipinski definition) is 1. The molecular weight excluding hydrogens is 401 g/mol. The molecule has 1 aliphatic rings. The van der Waals surface area contributed by atoms with E-state index < -0.39 is 23.6 Å². The van der Waals surface area contributed by atoms with Gasteiger partial charge in [-0.25, -0.2) is 0 Å². The SMILES string of the molecule is O=C1NC(=S)N(c2ccc(Cl)cc2)C(=O)/C1=C/c1ccc(C(F)(F)F)cc1. The van der Waals surface area contributed by atoms with E-state index in [-0.39, 0.29) is 16.2 Å². The molecule has 0 spiro atoms. The van der Waals surface area contributed by atoms with Crippen LogP contribution in [0.5, 0.6) is 0 Å². The van der Waals surface area contributed by atoms with E-state index in [1.165, 1.54) is 18.2 Å². The summed E-state index contributed by atoms with van der Waals surface area (Å²) in [4.78, 5) is 26.0. The number of carbonyl (C=O) groups excluding carboxylic acids is 2. The third-order valence-corrected chi connectivity index (χ3v) is 4.27. The van der Waals surface area contributed by atoms with Crippen molar-refractivity contribution in [2.45, 2.75) is 6.18 Å². The Morgan fingerprint density at radius 1 is 1.00 bits per heavy atom. The molecule has 138 valence electrons. The number of nitrogens with one attached hydrogen (secondary N) is 1. The molecular formula is C18H10ClF3N2O2S. The fourth-order valence-corrected chi connectivity index (χ4v) is 2.82. The number of benzene rings is 2. The van der Waals surface area contributed by atoms with Crippen molar-refractivity contribution in [1.82, 2.24) is 5.32 Å². The summed E-state index contributed by atoms with van der Waals surface area (Å²) in [7, 11) is 0. The number of thiocarbonyl (C=S) groups is 1. The molecule has 2 aromatic carbocycles. The maximum Gasteiger partial charge on any atom is 0.416 e. The first-order valence-electron chi connectivity index (χ1n) is 7.51. The van der Waals surface area contributed by atoms with Crippen LogP contribution in [0.3, 0.4) is 0 Å². The van der Waals surface area contributed by atoms with E-state index in [0.29, 0.717) is 10.7 Å². The lowest BCUT2D eigenvalue weighted by Gasteiger charge is -2.28. The van der Waals surface area contributed by atoms with Gasteiger partial charge in [0, 0.05) is 5.02 Å². The fourth-order valence-electron chi connectivity index (χ4n) is 2.42. The smallest absolute Gasteiger partial charge is 0.298 e. The van der Waals surface area contributed by atoms with Crippen LogP contribution in [0, 0.1) is 0 Å². The second kappa shape index (κ2) is 7.13. The maximum atomic E-state index is 12.8. The predicted molar refractivity (Wildman–Crippen MR) is 99.1 cm³/mol. The number of carbonyl (C=O) groups is 2. The van der Waals surface area contributed by atoms with Crippen molar-refractivity contribution in [2.24, 2.45) is 0 Å². The van der Waals surface area contributed by atoms with Crippen LogP contribution in [-0.2, 0) is 15.8 Å². The molecule has 0 saturated carbocycles. The van der Waals surface area contributed by atoms with Crippen molar-refractivity contribution in [3.63, 3.8) is 0 Å². The largest absolute Gasteiger partial charge is 0.416 e. The standard InChI is InChI=1S/C18H10ClF3N2O2S/c19-12-5-7-13(8-6-12)24-16(26)14(15(25)23-17(24)27)9-10-1-3-11(4-2-10)18(20,21)22/h1-9H,(H,23,25,27)/b14-9+. The first-order valence-corrected chi connectivity index (χ1v) is 8.30. The molecule has 4 nitrogen and oxygen atoms in total. The summed E-state index contributed by atoms with van der Waals surface area (Å²) in [5.41, 5.74) is -0.413. The van der Waals surface area contributed by atoms with Gasteiger partial charge in [0.2, 0.25) is 0 Å². The molecule has 1 heterocycles. The molecule has 1 N–H and O–H groups in total. The van der Waals surface area contributed by atoms with Crippen LogP contribution in [0.4, 0.5) is 18.9 Å². The highest BCUT2D eigenvalue weighted by Gasteiger charge is 2.34. The molecule has 1 aliphatic heterocycles. The molecule has 0 atom stereocenters. The molecule has 2 amide bonds. The van der Waals surface area contributed by atoms with Gasteiger partial charge in [0.1, 0.15) is 5.57 Å². The van der Waals surface area contributed by atoms with Crippen LogP contribution in [0.25, 0.3) is 6.08 Å². The quantitative estimate of drug-likeness (QED) is 0.459. The van der Waals surface area contributed by atoms with Crippen LogP contribution in [0.1, 0.15) is 11.1 Å². The Hall–Kier alpha value is -2.71. The third kappa shape index (κ3) is 4.01. The molecule has 2 aromatic rings. The normalized spacial score (nSPS) is 16.7. The van der Waals surface area contributed by atoms with Gasteiger partial charge in [-0.1, -0.05) is 23.7 Å². The lowest BCUT2D eigenvalue weighted by Crippen LogP contribution is -2.54. The van der Waals surface area contributed by atoms with Gasteiger partial charge in [-0.15, -0.1) is 0 Å². The number of alkyl halides is 3. The van der Waals surface area contributed by atoms with Crippen LogP contribution in [0.2, 0.25) is 5.02 Å². The van der Waals surface area contributed by atoms with Crippen molar-refractivity contribution in [1.29, 1.82) is 0 Å². The number of anilines is 1. The van der Waals surface area contributed by atoms with Crippen molar-refractivity contribution < 1.29 is 22.8 Å². The van der Waals surface area contributed by atoms with Crippen LogP contribution in [-0.4, -0.2) is 16.9 Å². The van der Waals surface area contributed by atoms with E-state index >= 15 is 0 Å². The van der Waals surface area contributed by atoms with E-state index in [4.69, 9.17) is 23.8 Å². The van der Waals surface area contributed by atoms with E-state index in [1.807, 2.05) is 0 Å². The lowest BCUT2D eigenvalue weighted by molar-refractivity contribution is -0.137. The average molecular weight is 411 g/mol. The summed E-state index contributed by atoms with van der Waals surface area (Å²) >= 11 is 10.9. The van der Waals surface area contributed by atoms with Crippen molar-refractivity contribution in [3.05, 3.63) is 70.3 Å². The van der Waals surface area contributed by atoms with Crippen LogP contribution < -0.4 is 10.2 Å². The zero-order chi connectivity index (χ0) is 19.8. The first-order chi connectivity index (χ1) is 12.7. The van der Waals surface area contributed by atoms with Crippen molar-refractivity contribution >= 4 is 52.5 Å². The van der Waals surface area contributed by atoms with Gasteiger partial charge in [0.25, 0.3) is 11.8 Å². The van der Waals surface area contributed by atoms with Gasteiger partial charge in [-0.05, 0) is 60.3 Å². The predicted octanol–water partition coefficient (Wildman–Crippen LogP) is 4.19. The molecule has 1 saturated heterocycles. The van der Waals surface area contributed by atoms with E-state index in [0.717, 1.165) is 17.0 Å². The zero-order valence-corrected chi connectivity index (χ0v) is 15.0. The Bertz CT molecular complexity index is 954. The van der Waals surface area contributed by atoms with E-state index in [1.54, 1.807) is 24.3 Å². The maximum absolute atomic E-state index is 12.8. The Labute approximate surface area is 162 Å². The van der Waals surface area contributed by atoms with Gasteiger partial charge >= 0.3 is 6.18 Å². The molecule has 1 fully saturated rings. The minimum Gasteiger partial charge on any atom is -0.298 e. The second-order valence-corrected chi connectivity index (χ2v) is 6.38. The Balaban J connectivity index is 1.95. The third-order valence-electron chi connectivity index (χ3n) is 3.74. The summed E-state index contributed by atoms with van der Waals surface area (Å²) < 4.78 is 37.9. The number of rotatable bonds is 2. The zero-order valence-electron chi connectivity index (χ0n) is 13.4. The number of nitrogens with zero attached hydrogens (tertiary/aromatic N) is 1. The molecule has 27 heavy (non-hydrogen) atoms. The number of hydrogen-bond acceptors (Lipinski definition) is 3. The van der Waals surface area contributed by atoms with Crippen LogP contribution in [0.15, 0.2) is 54.1 Å². The monoisotopic (exact) mass is 410 g/mol. The minimum absolute atomic E-state index is 0.100. The van der Waals surface area contributed by atoms with Gasteiger partial charge < -0.3 is 0 Å². The topological polar surface area (TPSA) is 49.4 Å². The Morgan fingerprint density at radius 2 is 1.59 bits per heavy atom. The number of halogens is 4. The Morgan fingerprint density at radius 3 is 2.15 bits per heavy atom. The first kappa shape index (κ1) is 19.1. The van der Waals surface area contributed by atoms with Gasteiger partial charge in [0.05, 0.1) is 11.3 Å². The van der Waals surface area contributed by atoms with Crippen molar-refractivity contribution in [3.8, 4) is 0 Å². The Kier molecular flexibility index (Phi) is 5.03. The summed E-state index contributed by atoms with van der Waals surface area (Å²) in [5.74, 6) is -1.42. The van der Waals surface area contributed by atoms with Gasteiger partial charge in [-0.2, -0.15) is 13.2 Å². The lowest BCUT2D eigenvalue weighted by atomic mass is 10.1. The summed E-state index contributed by atoms with van der Waals surface area (Å²) in [5, 5.41) is 2.75. The number of amides is 2. The minimum atomic E-state index is -4.47. The second-order valence-electron chi connectivity index (χ2n) is 5.55. The molecule has 0 radical (unpaired) electrons. The molecule has 0 aliphatic carbocycles. The summed E-state index contributed by atoms with van der Waals surface area (Å²) in [6, 6.07) is 10.3. The average Bonchev–Trinajstić information content (AvgIpc) is 2.60. The highest BCUT2D eigenvalue weighted by Crippen LogP contribution is 2.30. The highest BCUT2D eigenvalue weighted by atomic mass is 35.5. The van der Waals surface area contributed by atoms with Crippen molar-refractivity contribution in [2.75, 3.05) is 4.90 Å². The summed E-state index contributed by atoms with van der Waals surface area (Å²) in [6.07, 6.45) is -3.26. The molecule has 0 aromatic heterocycles. The van der Waals surface area contributed by atoms with E-state index in [9.17, 15) is 22.8 Å².